The predicted molar refractivity (Wildman–Crippen MR) is 69.0 cm³/mol. The molecule has 3 N–H and O–H groups in total. The lowest BCUT2D eigenvalue weighted by Gasteiger charge is -2.36. The van der Waals surface area contributed by atoms with Crippen LogP contribution in [0, 0.1) is 17.8 Å². The minimum atomic E-state index is -0.624. The molecule has 2 aliphatic rings. The Morgan fingerprint density at radius 2 is 1.89 bits per heavy atom. The summed E-state index contributed by atoms with van der Waals surface area (Å²) in [5.41, 5.74) is 0. The minimum Gasteiger partial charge on any atom is -0.393 e. The van der Waals surface area contributed by atoms with Crippen LogP contribution in [-0.4, -0.2) is 34.2 Å². The first-order valence-electron chi connectivity index (χ1n) is 7.14. The zero-order valence-electron chi connectivity index (χ0n) is 11.3. The Balaban J connectivity index is 1.90. The Labute approximate surface area is 113 Å². The summed E-state index contributed by atoms with van der Waals surface area (Å²) in [4.78, 5) is 22.6. The summed E-state index contributed by atoms with van der Waals surface area (Å²) >= 11 is 0. The quantitative estimate of drug-likeness (QED) is 0.654. The normalized spacial score (nSPS) is 35.0. The van der Waals surface area contributed by atoms with Crippen LogP contribution in [0.3, 0.4) is 0 Å². The maximum absolute atomic E-state index is 11.3. The van der Waals surface area contributed by atoms with E-state index in [4.69, 9.17) is 0 Å². The van der Waals surface area contributed by atoms with E-state index in [0.717, 1.165) is 19.3 Å². The van der Waals surface area contributed by atoms with E-state index in [-0.39, 0.29) is 23.7 Å². The molecule has 1 aliphatic heterocycles. The topological polar surface area (TPSA) is 86.6 Å². The van der Waals surface area contributed by atoms with Crippen molar-refractivity contribution in [3.63, 3.8) is 0 Å². The summed E-state index contributed by atoms with van der Waals surface area (Å²) in [6.07, 6.45) is 2.47. The molecule has 108 valence electrons. The van der Waals surface area contributed by atoms with Gasteiger partial charge in [-0.2, -0.15) is 0 Å². The summed E-state index contributed by atoms with van der Waals surface area (Å²) in [6, 6.07) is 0. The second kappa shape index (κ2) is 6.01. The largest absolute Gasteiger partial charge is 0.393 e. The third-order valence-electron chi connectivity index (χ3n) is 4.42. The highest BCUT2D eigenvalue weighted by Crippen LogP contribution is 2.34. The smallest absolute Gasteiger partial charge is 0.226 e. The molecule has 1 saturated heterocycles. The van der Waals surface area contributed by atoms with E-state index in [0.29, 0.717) is 25.2 Å². The maximum Gasteiger partial charge on any atom is 0.226 e. The van der Waals surface area contributed by atoms with Gasteiger partial charge in [-0.15, -0.1) is 0 Å². The highest BCUT2D eigenvalue weighted by atomic mass is 16.3. The Morgan fingerprint density at radius 3 is 2.53 bits per heavy atom. The molecule has 0 aromatic rings. The van der Waals surface area contributed by atoms with Crippen LogP contribution in [0.2, 0.25) is 0 Å². The van der Waals surface area contributed by atoms with E-state index in [9.17, 15) is 19.8 Å². The van der Waals surface area contributed by atoms with Crippen LogP contribution in [-0.2, 0) is 9.59 Å². The molecule has 0 spiro atoms. The number of imide groups is 1. The van der Waals surface area contributed by atoms with Crippen LogP contribution in [0.1, 0.15) is 45.4 Å². The molecule has 2 amide bonds. The maximum atomic E-state index is 11.3. The lowest BCUT2D eigenvalue weighted by atomic mass is 9.75. The first kappa shape index (κ1) is 14.5. The average molecular weight is 269 g/mol. The van der Waals surface area contributed by atoms with Gasteiger partial charge in [0.2, 0.25) is 11.8 Å². The number of carbonyl (C=O) groups is 2. The Kier molecular flexibility index (Phi) is 4.58. The second-order valence-corrected chi connectivity index (χ2v) is 6.20. The van der Waals surface area contributed by atoms with E-state index in [1.54, 1.807) is 0 Å². The third-order valence-corrected chi connectivity index (χ3v) is 4.42. The van der Waals surface area contributed by atoms with E-state index in [2.05, 4.69) is 12.2 Å². The van der Waals surface area contributed by atoms with E-state index in [1.165, 1.54) is 0 Å². The monoisotopic (exact) mass is 269 g/mol. The number of hydrogen-bond acceptors (Lipinski definition) is 4. The van der Waals surface area contributed by atoms with Gasteiger partial charge in [0.05, 0.1) is 12.2 Å². The summed E-state index contributed by atoms with van der Waals surface area (Å²) in [5.74, 6) is -0.221. The van der Waals surface area contributed by atoms with Gasteiger partial charge < -0.3 is 10.2 Å². The van der Waals surface area contributed by atoms with Gasteiger partial charge in [-0.05, 0) is 37.5 Å². The molecule has 19 heavy (non-hydrogen) atoms. The Bertz CT molecular complexity index is 341. The standard InChI is InChI=1S/C14H23NO4/c1-8-2-3-11(16)10(4-8)12(17)5-9-6-13(18)15-14(19)7-9/h8-12,16-17H,2-7H2,1H3,(H,15,18,19)/t8-,10+,11-,12+/m0/s1. The molecule has 5 heteroatoms. The first-order valence-corrected chi connectivity index (χ1v) is 7.14. The molecule has 1 heterocycles. The molecule has 0 radical (unpaired) electrons. The van der Waals surface area contributed by atoms with E-state index >= 15 is 0 Å². The molecule has 0 aromatic heterocycles. The van der Waals surface area contributed by atoms with Gasteiger partial charge in [0.25, 0.3) is 0 Å². The Hall–Kier alpha value is -0.940. The average Bonchev–Trinajstić information content (AvgIpc) is 2.30. The molecule has 0 bridgehead atoms. The van der Waals surface area contributed by atoms with Crippen molar-refractivity contribution < 1.29 is 19.8 Å². The lowest BCUT2D eigenvalue weighted by molar-refractivity contribution is -0.135. The molecular formula is C14H23NO4. The van der Waals surface area contributed by atoms with Gasteiger partial charge in [-0.1, -0.05) is 6.92 Å². The summed E-state index contributed by atoms with van der Waals surface area (Å²) in [5, 5.41) is 22.5. The molecule has 0 aromatic carbocycles. The van der Waals surface area contributed by atoms with Gasteiger partial charge in [-0.3, -0.25) is 14.9 Å². The zero-order valence-corrected chi connectivity index (χ0v) is 11.3. The van der Waals surface area contributed by atoms with Crippen LogP contribution >= 0.6 is 0 Å². The van der Waals surface area contributed by atoms with Crippen molar-refractivity contribution in [3.05, 3.63) is 0 Å². The molecule has 1 aliphatic carbocycles. The predicted octanol–water partition coefficient (Wildman–Crippen LogP) is 0.587. The minimum absolute atomic E-state index is 0.0966. The van der Waals surface area contributed by atoms with Crippen LogP contribution in [0.25, 0.3) is 0 Å². The zero-order chi connectivity index (χ0) is 14.0. The van der Waals surface area contributed by atoms with Gasteiger partial charge in [0.15, 0.2) is 0 Å². The van der Waals surface area contributed by atoms with Crippen molar-refractivity contribution in [3.8, 4) is 0 Å². The van der Waals surface area contributed by atoms with Gasteiger partial charge in [-0.25, -0.2) is 0 Å². The summed E-state index contributed by atoms with van der Waals surface area (Å²) in [7, 11) is 0. The fourth-order valence-electron chi connectivity index (χ4n) is 3.36. The molecule has 1 saturated carbocycles. The number of carbonyl (C=O) groups excluding carboxylic acids is 2. The lowest BCUT2D eigenvalue weighted by Crippen LogP contribution is -2.42. The molecule has 0 unspecified atom stereocenters. The summed E-state index contributed by atoms with van der Waals surface area (Å²) in [6.45, 7) is 2.13. The fraction of sp³-hybridized carbons (Fsp3) is 0.857. The van der Waals surface area contributed by atoms with Crippen molar-refractivity contribution in [2.24, 2.45) is 17.8 Å². The highest BCUT2D eigenvalue weighted by molar-refractivity contribution is 5.97. The van der Waals surface area contributed by atoms with Gasteiger partial charge in [0.1, 0.15) is 0 Å². The SMILES string of the molecule is C[C@H]1CC[C@H](O)[C@H]([C@H](O)CC2CC(=O)NC(=O)C2)C1. The van der Waals surface area contributed by atoms with Crippen molar-refractivity contribution in [2.75, 3.05) is 0 Å². The second-order valence-electron chi connectivity index (χ2n) is 6.20. The fourth-order valence-corrected chi connectivity index (χ4v) is 3.36. The number of aliphatic hydroxyl groups is 2. The van der Waals surface area contributed by atoms with Crippen molar-refractivity contribution >= 4 is 11.8 Å². The van der Waals surface area contributed by atoms with E-state index in [1.807, 2.05) is 0 Å². The molecule has 2 fully saturated rings. The van der Waals surface area contributed by atoms with Crippen molar-refractivity contribution in [1.29, 1.82) is 0 Å². The molecule has 2 rings (SSSR count). The molecule has 4 atom stereocenters. The number of aliphatic hydroxyl groups excluding tert-OH is 2. The first-order chi connectivity index (χ1) is 8.95. The molecule has 5 nitrogen and oxygen atoms in total. The van der Waals surface area contributed by atoms with Crippen molar-refractivity contribution in [1.82, 2.24) is 5.32 Å². The number of nitrogens with one attached hydrogen (secondary N) is 1. The molecular weight excluding hydrogens is 246 g/mol. The van der Waals surface area contributed by atoms with Gasteiger partial charge in [0, 0.05) is 18.8 Å². The Morgan fingerprint density at radius 1 is 1.26 bits per heavy atom. The van der Waals surface area contributed by atoms with Crippen LogP contribution in [0.15, 0.2) is 0 Å². The number of rotatable bonds is 3. The van der Waals surface area contributed by atoms with Gasteiger partial charge >= 0.3 is 0 Å². The number of piperidine rings is 1. The summed E-state index contributed by atoms with van der Waals surface area (Å²) < 4.78 is 0. The van der Waals surface area contributed by atoms with Crippen LogP contribution in [0.5, 0.6) is 0 Å². The highest BCUT2D eigenvalue weighted by Gasteiger charge is 2.35. The van der Waals surface area contributed by atoms with Crippen LogP contribution in [0.4, 0.5) is 0 Å². The number of amides is 2. The van der Waals surface area contributed by atoms with Crippen molar-refractivity contribution in [2.45, 2.75) is 57.7 Å². The van der Waals surface area contributed by atoms with Crippen LogP contribution < -0.4 is 5.32 Å². The third kappa shape index (κ3) is 3.76. The number of hydrogen-bond donors (Lipinski definition) is 3. The van der Waals surface area contributed by atoms with E-state index < -0.39 is 12.2 Å².